The summed E-state index contributed by atoms with van der Waals surface area (Å²) in [6, 6.07) is 15.4. The molecule has 0 saturated carbocycles. The highest BCUT2D eigenvalue weighted by molar-refractivity contribution is 7.98. The van der Waals surface area contributed by atoms with E-state index in [4.69, 9.17) is 21.1 Å². The van der Waals surface area contributed by atoms with Crippen LogP contribution < -0.4 is 9.47 Å². The Hall–Kier alpha value is -2.44. The topological polar surface area (TPSA) is 49.2 Å². The van der Waals surface area contributed by atoms with Gasteiger partial charge in [-0.15, -0.1) is 16.8 Å². The molecule has 0 spiro atoms. The van der Waals surface area contributed by atoms with Crippen molar-refractivity contribution in [3.05, 3.63) is 77.6 Å². The third-order valence-corrected chi connectivity index (χ3v) is 5.41. The number of ether oxygens (including phenoxy) is 2. The SMILES string of the molecule is C=CCn1c(SCc2cccc(OC)c2)nnc1C(C)Oc1ccccc1Cl. The van der Waals surface area contributed by atoms with Crippen molar-refractivity contribution in [1.82, 2.24) is 14.8 Å². The second-order valence-electron chi connectivity index (χ2n) is 6.07. The molecule has 0 saturated heterocycles. The van der Waals surface area contributed by atoms with Crippen molar-refractivity contribution in [2.24, 2.45) is 0 Å². The summed E-state index contributed by atoms with van der Waals surface area (Å²) in [5.74, 6) is 2.95. The summed E-state index contributed by atoms with van der Waals surface area (Å²) in [5.41, 5.74) is 1.15. The smallest absolute Gasteiger partial charge is 0.191 e. The zero-order valence-corrected chi connectivity index (χ0v) is 17.4. The van der Waals surface area contributed by atoms with E-state index in [0.29, 0.717) is 17.3 Å². The fourth-order valence-electron chi connectivity index (χ4n) is 2.70. The molecule has 1 unspecified atom stereocenters. The van der Waals surface area contributed by atoms with Crippen molar-refractivity contribution < 1.29 is 9.47 Å². The van der Waals surface area contributed by atoms with Gasteiger partial charge in [-0.25, -0.2) is 0 Å². The summed E-state index contributed by atoms with van der Waals surface area (Å²) in [7, 11) is 1.67. The van der Waals surface area contributed by atoms with Gasteiger partial charge in [-0.3, -0.25) is 4.57 Å². The number of rotatable bonds is 9. The molecule has 3 aromatic rings. The van der Waals surface area contributed by atoms with Crippen molar-refractivity contribution in [2.45, 2.75) is 30.5 Å². The molecule has 1 atom stereocenters. The van der Waals surface area contributed by atoms with Crippen molar-refractivity contribution >= 4 is 23.4 Å². The van der Waals surface area contributed by atoms with E-state index in [2.05, 4.69) is 22.8 Å². The van der Waals surface area contributed by atoms with Gasteiger partial charge in [0.1, 0.15) is 11.5 Å². The van der Waals surface area contributed by atoms with Crippen LogP contribution >= 0.6 is 23.4 Å². The molecule has 0 bridgehead atoms. The molecule has 0 amide bonds. The van der Waals surface area contributed by atoms with Crippen LogP contribution in [-0.2, 0) is 12.3 Å². The highest BCUT2D eigenvalue weighted by Crippen LogP contribution is 2.30. The highest BCUT2D eigenvalue weighted by Gasteiger charge is 2.20. The summed E-state index contributed by atoms with van der Waals surface area (Å²) < 4.78 is 13.3. The van der Waals surface area contributed by atoms with Crippen LogP contribution in [0.15, 0.2) is 66.3 Å². The quantitative estimate of drug-likeness (QED) is 0.338. The monoisotopic (exact) mass is 415 g/mol. The summed E-state index contributed by atoms with van der Waals surface area (Å²) >= 11 is 7.82. The van der Waals surface area contributed by atoms with E-state index in [1.165, 1.54) is 0 Å². The number of allylic oxidation sites excluding steroid dienone is 1. The van der Waals surface area contributed by atoms with Gasteiger partial charge < -0.3 is 9.47 Å². The number of thioether (sulfide) groups is 1. The molecule has 2 aromatic carbocycles. The number of hydrogen-bond acceptors (Lipinski definition) is 5. The van der Waals surface area contributed by atoms with Crippen LogP contribution in [0.2, 0.25) is 5.02 Å². The Morgan fingerprint density at radius 2 is 2.04 bits per heavy atom. The minimum Gasteiger partial charge on any atom is -0.497 e. The average molecular weight is 416 g/mol. The van der Waals surface area contributed by atoms with Gasteiger partial charge in [0.2, 0.25) is 0 Å². The molecule has 7 heteroatoms. The Balaban J connectivity index is 1.77. The van der Waals surface area contributed by atoms with Crippen molar-refractivity contribution in [2.75, 3.05) is 7.11 Å². The fraction of sp³-hybridized carbons (Fsp3) is 0.238. The van der Waals surface area contributed by atoms with Gasteiger partial charge in [-0.1, -0.05) is 53.7 Å². The molecular weight excluding hydrogens is 394 g/mol. The minimum absolute atomic E-state index is 0.307. The van der Waals surface area contributed by atoms with Gasteiger partial charge in [-0.2, -0.15) is 0 Å². The Morgan fingerprint density at radius 1 is 1.21 bits per heavy atom. The van der Waals surface area contributed by atoms with Crippen molar-refractivity contribution in [3.63, 3.8) is 0 Å². The molecule has 0 radical (unpaired) electrons. The maximum absolute atomic E-state index is 6.21. The fourth-order valence-corrected chi connectivity index (χ4v) is 3.78. The van der Waals surface area contributed by atoms with Gasteiger partial charge in [0, 0.05) is 12.3 Å². The lowest BCUT2D eigenvalue weighted by Gasteiger charge is -2.16. The highest BCUT2D eigenvalue weighted by atomic mass is 35.5. The van der Waals surface area contributed by atoms with Crippen LogP contribution in [0, 0.1) is 0 Å². The van der Waals surface area contributed by atoms with E-state index in [9.17, 15) is 0 Å². The molecule has 0 aliphatic carbocycles. The first kappa shape index (κ1) is 20.3. The van der Waals surface area contributed by atoms with E-state index < -0.39 is 0 Å². The predicted octanol–water partition coefficient (Wildman–Crippen LogP) is 5.56. The average Bonchev–Trinajstić information content (AvgIpc) is 3.11. The second kappa shape index (κ2) is 9.66. The summed E-state index contributed by atoms with van der Waals surface area (Å²) in [6.45, 7) is 6.38. The number of hydrogen-bond donors (Lipinski definition) is 0. The van der Waals surface area contributed by atoms with E-state index in [0.717, 1.165) is 28.0 Å². The van der Waals surface area contributed by atoms with Gasteiger partial charge in [0.15, 0.2) is 17.1 Å². The molecule has 0 aliphatic rings. The third kappa shape index (κ3) is 4.88. The molecule has 1 heterocycles. The molecule has 5 nitrogen and oxygen atoms in total. The first-order chi connectivity index (χ1) is 13.6. The van der Waals surface area contributed by atoms with Crippen molar-refractivity contribution in [1.29, 1.82) is 0 Å². The van der Waals surface area contributed by atoms with Gasteiger partial charge in [0.05, 0.1) is 12.1 Å². The predicted molar refractivity (Wildman–Crippen MR) is 113 cm³/mol. The van der Waals surface area contributed by atoms with Crippen LogP contribution in [-0.4, -0.2) is 21.9 Å². The number of benzene rings is 2. The van der Waals surface area contributed by atoms with E-state index in [1.807, 2.05) is 54.0 Å². The lowest BCUT2D eigenvalue weighted by atomic mass is 10.2. The summed E-state index contributed by atoms with van der Waals surface area (Å²) in [6.07, 6.45) is 1.52. The van der Waals surface area contributed by atoms with E-state index in [1.54, 1.807) is 24.9 Å². The largest absolute Gasteiger partial charge is 0.497 e. The lowest BCUT2D eigenvalue weighted by Crippen LogP contribution is -2.12. The molecule has 1 aromatic heterocycles. The first-order valence-corrected chi connectivity index (χ1v) is 10.2. The van der Waals surface area contributed by atoms with Crippen LogP contribution in [0.25, 0.3) is 0 Å². The maximum atomic E-state index is 6.21. The second-order valence-corrected chi connectivity index (χ2v) is 7.42. The first-order valence-electron chi connectivity index (χ1n) is 8.83. The third-order valence-electron chi connectivity index (χ3n) is 4.06. The van der Waals surface area contributed by atoms with Gasteiger partial charge in [-0.05, 0) is 36.8 Å². The van der Waals surface area contributed by atoms with Gasteiger partial charge in [0.25, 0.3) is 0 Å². The summed E-state index contributed by atoms with van der Waals surface area (Å²) in [4.78, 5) is 0. The maximum Gasteiger partial charge on any atom is 0.191 e. The Kier molecular flexibility index (Phi) is 7.01. The number of para-hydroxylation sites is 1. The normalized spacial score (nSPS) is 11.8. The molecule has 0 aliphatic heterocycles. The standard InChI is InChI=1S/C21H22ClN3O2S/c1-4-12-25-20(15(2)27-19-11-6-5-10-18(19)22)23-24-21(25)28-14-16-8-7-9-17(13-16)26-3/h4-11,13,15H,1,12,14H2,2-3H3. The molecular formula is C21H22ClN3O2S. The van der Waals surface area contributed by atoms with Crippen molar-refractivity contribution in [3.8, 4) is 11.5 Å². The van der Waals surface area contributed by atoms with Crippen LogP contribution in [0.4, 0.5) is 0 Å². The van der Waals surface area contributed by atoms with Crippen LogP contribution in [0.3, 0.4) is 0 Å². The zero-order chi connectivity index (χ0) is 19.9. The Labute approximate surface area is 174 Å². The van der Waals surface area contributed by atoms with E-state index in [-0.39, 0.29) is 6.10 Å². The van der Waals surface area contributed by atoms with E-state index >= 15 is 0 Å². The Bertz CT molecular complexity index is 945. The molecule has 0 N–H and O–H groups in total. The number of methoxy groups -OCH3 is 1. The Morgan fingerprint density at radius 3 is 2.79 bits per heavy atom. The number of halogens is 1. The van der Waals surface area contributed by atoms with Gasteiger partial charge >= 0.3 is 0 Å². The number of nitrogens with zero attached hydrogens (tertiary/aromatic N) is 3. The molecule has 28 heavy (non-hydrogen) atoms. The zero-order valence-electron chi connectivity index (χ0n) is 15.8. The minimum atomic E-state index is -0.307. The summed E-state index contributed by atoms with van der Waals surface area (Å²) in [5, 5.41) is 10.1. The molecule has 0 fully saturated rings. The molecule has 3 rings (SSSR count). The number of aromatic nitrogens is 3. The lowest BCUT2D eigenvalue weighted by molar-refractivity contribution is 0.210. The molecule has 146 valence electrons. The van der Waals surface area contributed by atoms with Crippen LogP contribution in [0.1, 0.15) is 24.4 Å². The van der Waals surface area contributed by atoms with Crippen LogP contribution in [0.5, 0.6) is 11.5 Å².